The molecule has 0 amide bonds. The molecule has 0 heterocycles. The van der Waals surface area contributed by atoms with Crippen LogP contribution in [0.1, 0.15) is 36.8 Å². The fraction of sp³-hybridized carbons (Fsp3) is 0.280. The van der Waals surface area contributed by atoms with E-state index in [2.05, 4.69) is 5.87 Å². The fourth-order valence-corrected chi connectivity index (χ4v) is 6.37. The van der Waals surface area contributed by atoms with Crippen LogP contribution >= 0.6 is 0 Å². The molecule has 1 aliphatic carbocycles. The van der Waals surface area contributed by atoms with E-state index in [0.717, 1.165) is 25.7 Å². The van der Waals surface area contributed by atoms with Crippen LogP contribution in [-0.4, -0.2) is 26.4 Å². The van der Waals surface area contributed by atoms with Gasteiger partial charge in [-0.3, -0.25) is 9.00 Å². The number of aliphatic carboxylic acids is 1. The first kappa shape index (κ1) is 21.4. The average Bonchev–Trinajstić information content (AvgIpc) is 3.27. The number of carboxylic acids is 1. The molecule has 3 aromatic carbocycles. The van der Waals surface area contributed by atoms with Crippen molar-refractivity contribution in [2.45, 2.75) is 49.2 Å². The lowest BCUT2D eigenvalue weighted by Crippen LogP contribution is -2.17. The zero-order chi connectivity index (χ0) is 22.2. The predicted molar refractivity (Wildman–Crippen MR) is 122 cm³/mol. The maximum Gasteiger partial charge on any atom is 0.307 e. The zero-order valence-corrected chi connectivity index (χ0v) is 18.2. The molecule has 4 rings (SSSR count). The van der Waals surface area contributed by atoms with Crippen molar-refractivity contribution >= 4 is 32.1 Å². The minimum Gasteiger partial charge on any atom is -0.481 e. The Balaban J connectivity index is 1.71. The minimum absolute atomic E-state index is 0.112. The Kier molecular flexibility index (Phi) is 5.75. The highest BCUT2D eigenvalue weighted by Crippen LogP contribution is 2.37. The Morgan fingerprint density at radius 3 is 2.48 bits per heavy atom. The van der Waals surface area contributed by atoms with Crippen LogP contribution in [0.5, 0.6) is 11.5 Å². The third kappa shape index (κ3) is 4.30. The summed E-state index contributed by atoms with van der Waals surface area (Å²) in [6.45, 7) is 1.77. The van der Waals surface area contributed by atoms with E-state index < -0.39 is 21.3 Å². The molecule has 162 valence electrons. The molecule has 1 unspecified atom stereocenters. The molecule has 1 atom stereocenters. The van der Waals surface area contributed by atoms with Crippen LogP contribution in [0.3, 0.4) is 0 Å². The van der Waals surface area contributed by atoms with E-state index in [1.807, 2.05) is 0 Å². The van der Waals surface area contributed by atoms with Crippen molar-refractivity contribution in [3.8, 4) is 11.5 Å². The van der Waals surface area contributed by atoms with Gasteiger partial charge in [-0.05, 0) is 88.1 Å². The van der Waals surface area contributed by atoms with Gasteiger partial charge in [0.1, 0.15) is 17.3 Å². The van der Waals surface area contributed by atoms with Crippen LogP contribution in [-0.2, 0) is 20.7 Å². The molecule has 0 spiro atoms. The summed E-state index contributed by atoms with van der Waals surface area (Å²) in [5.74, 6) is 3.61. The lowest BCUT2D eigenvalue weighted by atomic mass is 9.98. The van der Waals surface area contributed by atoms with Crippen molar-refractivity contribution < 1.29 is 23.2 Å². The summed E-state index contributed by atoms with van der Waals surface area (Å²) in [4.78, 5) is 12.0. The Labute approximate surface area is 181 Å². The maximum absolute atomic E-state index is 13.9. The SMILES string of the molecule is C=S(=O)(c1ccc(Oc2c(C)c(CC(=O)O)cc3ccc(F)cc23)cc1)C1CCCC1. The molecular weight excluding hydrogens is 415 g/mol. The van der Waals surface area contributed by atoms with Gasteiger partial charge in [-0.25, -0.2) is 4.39 Å². The normalized spacial score (nSPS) is 16.3. The summed E-state index contributed by atoms with van der Waals surface area (Å²) < 4.78 is 33.3. The molecular formula is C25H25FO4S. The molecule has 0 bridgehead atoms. The second kappa shape index (κ2) is 8.35. The summed E-state index contributed by atoms with van der Waals surface area (Å²) in [5, 5.41) is 10.6. The maximum atomic E-state index is 13.9. The van der Waals surface area contributed by atoms with Gasteiger partial charge in [-0.1, -0.05) is 25.0 Å². The molecule has 0 saturated heterocycles. The molecule has 0 aliphatic heterocycles. The number of carbonyl (C=O) groups is 1. The Morgan fingerprint density at radius 2 is 1.84 bits per heavy atom. The fourth-order valence-electron chi connectivity index (χ4n) is 4.29. The topological polar surface area (TPSA) is 63.6 Å². The molecule has 1 fully saturated rings. The van der Waals surface area contributed by atoms with Gasteiger partial charge in [0.2, 0.25) is 0 Å². The highest BCUT2D eigenvalue weighted by atomic mass is 32.2. The minimum atomic E-state index is -2.37. The second-order valence-electron chi connectivity index (χ2n) is 8.13. The van der Waals surface area contributed by atoms with Crippen LogP contribution < -0.4 is 4.74 Å². The van der Waals surface area contributed by atoms with Gasteiger partial charge in [0.05, 0.1) is 6.42 Å². The van der Waals surface area contributed by atoms with Gasteiger partial charge >= 0.3 is 5.97 Å². The summed E-state index contributed by atoms with van der Waals surface area (Å²) in [6, 6.07) is 13.1. The number of ether oxygens (including phenoxy) is 1. The van der Waals surface area contributed by atoms with Gasteiger partial charge < -0.3 is 9.84 Å². The van der Waals surface area contributed by atoms with Gasteiger partial charge in [-0.15, -0.1) is 0 Å². The zero-order valence-electron chi connectivity index (χ0n) is 17.4. The van der Waals surface area contributed by atoms with Crippen molar-refractivity contribution in [1.29, 1.82) is 0 Å². The molecule has 1 saturated carbocycles. The molecule has 4 nitrogen and oxygen atoms in total. The highest BCUT2D eigenvalue weighted by molar-refractivity contribution is 8.00. The summed E-state index contributed by atoms with van der Waals surface area (Å²) in [7, 11) is -2.37. The molecule has 1 N–H and O–H groups in total. The molecule has 0 aromatic heterocycles. The van der Waals surface area contributed by atoms with Gasteiger partial charge in [0.25, 0.3) is 0 Å². The Bertz CT molecular complexity index is 1240. The smallest absolute Gasteiger partial charge is 0.307 e. The van der Waals surface area contributed by atoms with Crippen molar-refractivity contribution in [3.05, 3.63) is 65.5 Å². The number of fused-ring (bicyclic) bond motifs is 1. The average molecular weight is 441 g/mol. The number of hydrogen-bond acceptors (Lipinski definition) is 3. The summed E-state index contributed by atoms with van der Waals surface area (Å²) in [5.41, 5.74) is 1.26. The third-order valence-electron chi connectivity index (χ3n) is 6.04. The van der Waals surface area contributed by atoms with E-state index in [1.165, 1.54) is 12.1 Å². The number of carboxylic acid groups (broad SMARTS) is 1. The van der Waals surface area contributed by atoms with Crippen LogP contribution in [0.25, 0.3) is 10.8 Å². The summed E-state index contributed by atoms with van der Waals surface area (Å²) in [6.07, 6.45) is 3.91. The van der Waals surface area contributed by atoms with Crippen molar-refractivity contribution in [2.24, 2.45) is 0 Å². The van der Waals surface area contributed by atoms with Crippen LogP contribution in [0.2, 0.25) is 0 Å². The van der Waals surface area contributed by atoms with Crippen LogP contribution in [0.15, 0.2) is 53.4 Å². The van der Waals surface area contributed by atoms with Crippen molar-refractivity contribution in [2.75, 3.05) is 0 Å². The van der Waals surface area contributed by atoms with Gasteiger partial charge in [-0.2, -0.15) is 0 Å². The Morgan fingerprint density at radius 1 is 1.16 bits per heavy atom. The highest BCUT2D eigenvalue weighted by Gasteiger charge is 2.25. The molecule has 3 aromatic rings. The first-order valence-electron chi connectivity index (χ1n) is 10.3. The third-order valence-corrected chi connectivity index (χ3v) is 8.66. The quantitative estimate of drug-likeness (QED) is 0.498. The lowest BCUT2D eigenvalue weighted by Gasteiger charge is -2.18. The van der Waals surface area contributed by atoms with Crippen LogP contribution in [0, 0.1) is 12.7 Å². The van der Waals surface area contributed by atoms with E-state index in [9.17, 15) is 18.5 Å². The number of rotatable bonds is 6. The molecule has 0 radical (unpaired) electrons. The number of halogens is 1. The first-order chi connectivity index (χ1) is 14.8. The van der Waals surface area contributed by atoms with Gasteiger partial charge in [0, 0.05) is 15.5 Å². The van der Waals surface area contributed by atoms with E-state index in [-0.39, 0.29) is 11.7 Å². The first-order valence-corrected chi connectivity index (χ1v) is 12.1. The monoisotopic (exact) mass is 440 g/mol. The molecule has 31 heavy (non-hydrogen) atoms. The van der Waals surface area contributed by atoms with E-state index in [0.29, 0.717) is 38.3 Å². The second-order valence-corrected chi connectivity index (χ2v) is 10.7. The predicted octanol–water partition coefficient (Wildman–Crippen LogP) is 5.72. The number of benzene rings is 3. The van der Waals surface area contributed by atoms with E-state index >= 15 is 0 Å². The summed E-state index contributed by atoms with van der Waals surface area (Å²) >= 11 is 0. The van der Waals surface area contributed by atoms with E-state index in [1.54, 1.807) is 43.3 Å². The molecule has 1 aliphatic rings. The lowest BCUT2D eigenvalue weighted by molar-refractivity contribution is -0.136. The Hall–Kier alpha value is -2.86. The van der Waals surface area contributed by atoms with Crippen molar-refractivity contribution in [1.82, 2.24) is 0 Å². The number of hydrogen-bond donors (Lipinski definition) is 1. The molecule has 6 heteroatoms. The van der Waals surface area contributed by atoms with Crippen LogP contribution in [0.4, 0.5) is 4.39 Å². The largest absolute Gasteiger partial charge is 0.481 e. The van der Waals surface area contributed by atoms with Gasteiger partial charge in [0.15, 0.2) is 0 Å². The standard InChI is InChI=1S/C25H25FO4S/c1-16-18(14-24(27)28)13-17-7-8-19(26)15-23(17)25(16)30-20-9-11-22(12-10-20)31(2,29)21-5-3-4-6-21/h7-13,15,21H,2-6,14H2,1H3,(H,27,28). The van der Waals surface area contributed by atoms with Crippen molar-refractivity contribution in [3.63, 3.8) is 0 Å². The van der Waals surface area contributed by atoms with E-state index in [4.69, 9.17) is 4.74 Å².